The highest BCUT2D eigenvalue weighted by atomic mass is 16.2. The highest BCUT2D eigenvalue weighted by Crippen LogP contribution is 2.07. The van der Waals surface area contributed by atoms with Gasteiger partial charge in [0.25, 0.3) is 0 Å². The Morgan fingerprint density at radius 3 is 2.84 bits per heavy atom. The number of amides is 1. The molecule has 0 aliphatic carbocycles. The van der Waals surface area contributed by atoms with Crippen molar-refractivity contribution in [1.82, 2.24) is 15.5 Å². The van der Waals surface area contributed by atoms with E-state index in [0.29, 0.717) is 12.6 Å². The zero-order valence-corrected chi connectivity index (χ0v) is 12.9. The largest absolute Gasteiger partial charge is 0.353 e. The molecule has 2 atom stereocenters. The number of nitrogens with one attached hydrogen (secondary N) is 2. The molecule has 1 rings (SSSR count). The minimum absolute atomic E-state index is 0.170. The van der Waals surface area contributed by atoms with Crippen LogP contribution in [0, 0.1) is 0 Å². The van der Waals surface area contributed by atoms with Crippen LogP contribution in [0.1, 0.15) is 52.9 Å². The Hall–Kier alpha value is -0.610. The summed E-state index contributed by atoms with van der Waals surface area (Å²) in [6.07, 6.45) is 5.86. The molecular weight excluding hydrogens is 238 g/mol. The summed E-state index contributed by atoms with van der Waals surface area (Å²) in [5.74, 6) is 0.170. The fourth-order valence-electron chi connectivity index (χ4n) is 2.47. The Morgan fingerprint density at radius 1 is 1.47 bits per heavy atom. The number of carbonyl (C=O) groups excluding carboxylic acids is 1. The van der Waals surface area contributed by atoms with Crippen molar-refractivity contribution < 1.29 is 4.79 Å². The molecule has 2 unspecified atom stereocenters. The molecule has 0 aromatic rings. The molecule has 19 heavy (non-hydrogen) atoms. The summed E-state index contributed by atoms with van der Waals surface area (Å²) in [6.45, 7) is 10.1. The van der Waals surface area contributed by atoms with Gasteiger partial charge in [-0.15, -0.1) is 0 Å². The summed E-state index contributed by atoms with van der Waals surface area (Å²) in [6, 6.07) is 0.860. The number of unbranched alkanes of at least 4 members (excludes halogenated alkanes) is 1. The number of rotatable bonds is 9. The highest BCUT2D eigenvalue weighted by molar-refractivity contribution is 5.78. The van der Waals surface area contributed by atoms with Crippen molar-refractivity contribution in [2.24, 2.45) is 0 Å². The third kappa shape index (κ3) is 6.92. The van der Waals surface area contributed by atoms with Crippen LogP contribution in [0.3, 0.4) is 0 Å². The molecule has 0 saturated carbocycles. The Bertz CT molecular complexity index is 252. The fraction of sp³-hybridized carbons (Fsp3) is 0.933. The van der Waals surface area contributed by atoms with Gasteiger partial charge in [0.1, 0.15) is 0 Å². The second kappa shape index (κ2) is 9.32. The van der Waals surface area contributed by atoms with Gasteiger partial charge in [-0.05, 0) is 45.7 Å². The first kappa shape index (κ1) is 16.4. The molecule has 2 N–H and O–H groups in total. The van der Waals surface area contributed by atoms with Crippen LogP contribution in [0.15, 0.2) is 0 Å². The van der Waals surface area contributed by atoms with Crippen molar-refractivity contribution in [3.05, 3.63) is 0 Å². The Balaban J connectivity index is 2.36. The maximum Gasteiger partial charge on any atom is 0.234 e. The minimum atomic E-state index is 0.170. The zero-order chi connectivity index (χ0) is 14.1. The van der Waals surface area contributed by atoms with E-state index in [9.17, 15) is 4.79 Å². The van der Waals surface area contributed by atoms with E-state index < -0.39 is 0 Å². The van der Waals surface area contributed by atoms with Crippen molar-refractivity contribution in [2.45, 2.75) is 65.0 Å². The Morgan fingerprint density at radius 2 is 2.26 bits per heavy atom. The summed E-state index contributed by atoms with van der Waals surface area (Å²) in [7, 11) is 0. The van der Waals surface area contributed by atoms with Gasteiger partial charge in [0.2, 0.25) is 5.91 Å². The molecule has 1 heterocycles. The summed E-state index contributed by atoms with van der Waals surface area (Å²) in [5, 5.41) is 6.58. The van der Waals surface area contributed by atoms with Gasteiger partial charge in [0.15, 0.2) is 0 Å². The molecule has 0 radical (unpaired) electrons. The quantitative estimate of drug-likeness (QED) is 0.670. The molecule has 0 aromatic carbocycles. The van der Waals surface area contributed by atoms with Crippen molar-refractivity contribution in [3.63, 3.8) is 0 Å². The van der Waals surface area contributed by atoms with E-state index in [1.165, 1.54) is 25.7 Å². The molecule has 0 bridgehead atoms. The van der Waals surface area contributed by atoms with Crippen LogP contribution in [0.2, 0.25) is 0 Å². The van der Waals surface area contributed by atoms with Gasteiger partial charge in [-0.3, -0.25) is 9.69 Å². The SMILES string of the molecule is CCCCN(CC(=O)NC(C)CC)CC1CCCN1. The Kier molecular flexibility index (Phi) is 8.07. The van der Waals surface area contributed by atoms with Gasteiger partial charge in [-0.2, -0.15) is 0 Å². The molecule has 4 heteroatoms. The topological polar surface area (TPSA) is 44.4 Å². The highest BCUT2D eigenvalue weighted by Gasteiger charge is 2.19. The molecule has 1 aliphatic heterocycles. The molecular formula is C15H31N3O. The lowest BCUT2D eigenvalue weighted by molar-refractivity contribution is -0.123. The average Bonchev–Trinajstić information content (AvgIpc) is 2.88. The van der Waals surface area contributed by atoms with Crippen LogP contribution in [-0.2, 0) is 4.79 Å². The Labute approximate surface area is 118 Å². The van der Waals surface area contributed by atoms with Crippen LogP contribution in [0.5, 0.6) is 0 Å². The first-order valence-corrected chi connectivity index (χ1v) is 7.90. The van der Waals surface area contributed by atoms with Crippen molar-refractivity contribution in [3.8, 4) is 0 Å². The van der Waals surface area contributed by atoms with Gasteiger partial charge in [-0.1, -0.05) is 20.3 Å². The summed E-state index contributed by atoms with van der Waals surface area (Å²) in [4.78, 5) is 14.3. The van der Waals surface area contributed by atoms with Gasteiger partial charge in [-0.25, -0.2) is 0 Å². The lowest BCUT2D eigenvalue weighted by Crippen LogP contribution is -2.45. The van der Waals surface area contributed by atoms with Gasteiger partial charge < -0.3 is 10.6 Å². The van der Waals surface area contributed by atoms with E-state index >= 15 is 0 Å². The molecule has 4 nitrogen and oxygen atoms in total. The first-order valence-electron chi connectivity index (χ1n) is 7.90. The molecule has 0 spiro atoms. The predicted octanol–water partition coefficient (Wildman–Crippen LogP) is 1.76. The number of carbonyl (C=O) groups is 1. The standard InChI is InChI=1S/C15H31N3O/c1-4-6-10-18(11-14-8-7-9-16-14)12-15(19)17-13(3)5-2/h13-14,16H,4-12H2,1-3H3,(H,17,19). The lowest BCUT2D eigenvalue weighted by atomic mass is 10.2. The van der Waals surface area contributed by atoms with Crippen molar-refractivity contribution in [1.29, 1.82) is 0 Å². The van der Waals surface area contributed by atoms with Crippen molar-refractivity contribution in [2.75, 3.05) is 26.2 Å². The van der Waals surface area contributed by atoms with E-state index in [1.807, 2.05) is 0 Å². The van der Waals surface area contributed by atoms with E-state index in [1.54, 1.807) is 0 Å². The van der Waals surface area contributed by atoms with Crippen LogP contribution in [0.4, 0.5) is 0 Å². The molecule has 1 aliphatic rings. The normalized spacial score (nSPS) is 20.7. The monoisotopic (exact) mass is 269 g/mol. The fourth-order valence-corrected chi connectivity index (χ4v) is 2.47. The predicted molar refractivity (Wildman–Crippen MR) is 80.3 cm³/mol. The van der Waals surface area contributed by atoms with E-state index in [-0.39, 0.29) is 11.9 Å². The third-order valence-electron chi connectivity index (χ3n) is 3.86. The van der Waals surface area contributed by atoms with E-state index in [2.05, 4.69) is 36.3 Å². The summed E-state index contributed by atoms with van der Waals surface area (Å²) >= 11 is 0. The van der Waals surface area contributed by atoms with Crippen LogP contribution in [-0.4, -0.2) is 49.1 Å². The minimum Gasteiger partial charge on any atom is -0.353 e. The number of nitrogens with zero attached hydrogens (tertiary/aromatic N) is 1. The number of hydrogen-bond acceptors (Lipinski definition) is 3. The summed E-state index contributed by atoms with van der Waals surface area (Å²) in [5.41, 5.74) is 0. The first-order chi connectivity index (χ1) is 9.15. The maximum absolute atomic E-state index is 12.0. The van der Waals surface area contributed by atoms with Gasteiger partial charge >= 0.3 is 0 Å². The third-order valence-corrected chi connectivity index (χ3v) is 3.86. The molecule has 1 amide bonds. The van der Waals surface area contributed by atoms with Gasteiger partial charge in [0.05, 0.1) is 6.54 Å². The molecule has 1 fully saturated rings. The van der Waals surface area contributed by atoms with E-state index in [4.69, 9.17) is 0 Å². The molecule has 0 aromatic heterocycles. The summed E-state index contributed by atoms with van der Waals surface area (Å²) < 4.78 is 0. The second-order valence-electron chi connectivity index (χ2n) is 5.76. The smallest absolute Gasteiger partial charge is 0.234 e. The van der Waals surface area contributed by atoms with Crippen LogP contribution in [0.25, 0.3) is 0 Å². The number of hydrogen-bond donors (Lipinski definition) is 2. The molecule has 1 saturated heterocycles. The maximum atomic E-state index is 12.0. The molecule has 112 valence electrons. The van der Waals surface area contributed by atoms with Crippen molar-refractivity contribution >= 4 is 5.91 Å². The van der Waals surface area contributed by atoms with Gasteiger partial charge in [0, 0.05) is 18.6 Å². The lowest BCUT2D eigenvalue weighted by Gasteiger charge is -2.25. The van der Waals surface area contributed by atoms with E-state index in [0.717, 1.165) is 26.1 Å². The van der Waals surface area contributed by atoms with Crippen LogP contribution < -0.4 is 10.6 Å². The zero-order valence-electron chi connectivity index (χ0n) is 12.9. The average molecular weight is 269 g/mol. The second-order valence-corrected chi connectivity index (χ2v) is 5.76. The van der Waals surface area contributed by atoms with Crippen LogP contribution >= 0.6 is 0 Å².